The quantitative estimate of drug-likeness (QED) is 0.434. The molecule has 1 aliphatic rings. The summed E-state index contributed by atoms with van der Waals surface area (Å²) in [5.74, 6) is -1.52. The second-order valence-electron chi connectivity index (χ2n) is 4.77. The number of carbonyl (C=O) groups excluding carboxylic acids is 1. The Morgan fingerprint density at radius 3 is 2.44 bits per heavy atom. The first-order chi connectivity index (χ1) is 7.44. The van der Waals surface area contributed by atoms with Crippen LogP contribution in [0.3, 0.4) is 0 Å². The van der Waals surface area contributed by atoms with Crippen LogP contribution in [-0.2, 0) is 9.59 Å². The van der Waals surface area contributed by atoms with Crippen molar-refractivity contribution >= 4 is 11.9 Å². The maximum Gasteiger partial charge on any atom is 0.318 e. The molecule has 0 unspecified atom stereocenters. The molecule has 16 heavy (non-hydrogen) atoms. The molecule has 1 rings (SSSR count). The molecule has 1 amide bonds. The standard InChI is InChI=1S/C11H20N2O3/c1-11(2,10(15)16)9(14)13-7-3-6-12-8-4-5-8/h8,12H,3-7H2,1-2H3,(H,13,14)(H,15,16). The zero-order chi connectivity index (χ0) is 12.2. The van der Waals surface area contributed by atoms with Crippen molar-refractivity contribution in [2.24, 2.45) is 5.41 Å². The molecule has 92 valence electrons. The minimum absolute atomic E-state index is 0.425. The third-order valence-electron chi connectivity index (χ3n) is 2.75. The fraction of sp³-hybridized carbons (Fsp3) is 0.818. The molecule has 1 fully saturated rings. The molecule has 0 aromatic rings. The van der Waals surface area contributed by atoms with E-state index in [4.69, 9.17) is 5.11 Å². The monoisotopic (exact) mass is 228 g/mol. The van der Waals surface area contributed by atoms with Crippen LogP contribution in [0.15, 0.2) is 0 Å². The van der Waals surface area contributed by atoms with E-state index in [0.717, 1.165) is 13.0 Å². The van der Waals surface area contributed by atoms with Gasteiger partial charge < -0.3 is 15.7 Å². The minimum Gasteiger partial charge on any atom is -0.480 e. The van der Waals surface area contributed by atoms with Crippen molar-refractivity contribution in [3.63, 3.8) is 0 Å². The van der Waals surface area contributed by atoms with Crippen molar-refractivity contribution in [2.75, 3.05) is 13.1 Å². The average molecular weight is 228 g/mol. The molecule has 0 heterocycles. The molecular formula is C11H20N2O3. The zero-order valence-electron chi connectivity index (χ0n) is 9.88. The molecule has 0 bridgehead atoms. The van der Waals surface area contributed by atoms with E-state index in [1.165, 1.54) is 26.7 Å². The van der Waals surface area contributed by atoms with Gasteiger partial charge in [0.15, 0.2) is 0 Å². The largest absolute Gasteiger partial charge is 0.480 e. The number of nitrogens with one attached hydrogen (secondary N) is 2. The highest BCUT2D eigenvalue weighted by Gasteiger charge is 2.35. The van der Waals surface area contributed by atoms with Crippen LogP contribution in [0, 0.1) is 5.41 Å². The van der Waals surface area contributed by atoms with E-state index in [0.29, 0.717) is 12.6 Å². The Kier molecular flexibility index (Phi) is 4.29. The number of hydrogen-bond donors (Lipinski definition) is 3. The van der Waals surface area contributed by atoms with E-state index in [-0.39, 0.29) is 0 Å². The van der Waals surface area contributed by atoms with E-state index in [1.54, 1.807) is 0 Å². The van der Waals surface area contributed by atoms with Gasteiger partial charge in [-0.15, -0.1) is 0 Å². The third kappa shape index (κ3) is 3.81. The van der Waals surface area contributed by atoms with Crippen LogP contribution >= 0.6 is 0 Å². The molecule has 0 saturated heterocycles. The van der Waals surface area contributed by atoms with Gasteiger partial charge >= 0.3 is 5.97 Å². The summed E-state index contributed by atoms with van der Waals surface area (Å²) in [6, 6.07) is 0.672. The summed E-state index contributed by atoms with van der Waals surface area (Å²) in [5.41, 5.74) is -1.34. The van der Waals surface area contributed by atoms with E-state index in [9.17, 15) is 9.59 Å². The lowest BCUT2D eigenvalue weighted by Gasteiger charge is -2.18. The third-order valence-corrected chi connectivity index (χ3v) is 2.75. The smallest absolute Gasteiger partial charge is 0.318 e. The Morgan fingerprint density at radius 2 is 1.94 bits per heavy atom. The van der Waals surface area contributed by atoms with Gasteiger partial charge in [-0.3, -0.25) is 9.59 Å². The summed E-state index contributed by atoms with van der Waals surface area (Å²) >= 11 is 0. The number of carboxylic acid groups (broad SMARTS) is 1. The molecule has 0 atom stereocenters. The van der Waals surface area contributed by atoms with Crippen molar-refractivity contribution in [2.45, 2.75) is 39.2 Å². The molecule has 0 aromatic heterocycles. The number of carbonyl (C=O) groups is 2. The molecule has 0 aliphatic heterocycles. The molecule has 0 spiro atoms. The van der Waals surface area contributed by atoms with E-state index in [1.807, 2.05) is 0 Å². The van der Waals surface area contributed by atoms with Gasteiger partial charge in [-0.25, -0.2) is 0 Å². The van der Waals surface area contributed by atoms with Crippen molar-refractivity contribution in [1.82, 2.24) is 10.6 Å². The van der Waals surface area contributed by atoms with Gasteiger partial charge in [-0.2, -0.15) is 0 Å². The number of hydrogen-bond acceptors (Lipinski definition) is 3. The van der Waals surface area contributed by atoms with Crippen molar-refractivity contribution in [1.29, 1.82) is 0 Å². The molecule has 5 heteroatoms. The van der Waals surface area contributed by atoms with Crippen molar-refractivity contribution in [3.05, 3.63) is 0 Å². The highest BCUT2D eigenvalue weighted by molar-refractivity contribution is 6.00. The molecule has 3 N–H and O–H groups in total. The number of rotatable bonds is 7. The van der Waals surface area contributed by atoms with Gasteiger partial charge in [-0.1, -0.05) is 0 Å². The summed E-state index contributed by atoms with van der Waals surface area (Å²) in [4.78, 5) is 22.3. The molecular weight excluding hydrogens is 208 g/mol. The topological polar surface area (TPSA) is 78.4 Å². The SMILES string of the molecule is CC(C)(C(=O)O)C(=O)NCCCNC1CC1. The summed E-state index contributed by atoms with van der Waals surface area (Å²) < 4.78 is 0. The number of carboxylic acids is 1. The average Bonchev–Trinajstić information content (AvgIpc) is 3.00. The Hall–Kier alpha value is -1.10. The first kappa shape index (κ1) is 13.0. The van der Waals surface area contributed by atoms with Crippen LogP contribution in [0.4, 0.5) is 0 Å². The second-order valence-corrected chi connectivity index (χ2v) is 4.77. The van der Waals surface area contributed by atoms with Crippen LogP contribution in [0.2, 0.25) is 0 Å². The predicted molar refractivity (Wildman–Crippen MR) is 60.1 cm³/mol. The Labute approximate surface area is 95.6 Å². The molecule has 0 radical (unpaired) electrons. The first-order valence-electron chi connectivity index (χ1n) is 5.69. The van der Waals surface area contributed by atoms with Crippen LogP contribution in [0.5, 0.6) is 0 Å². The maximum absolute atomic E-state index is 11.5. The molecule has 1 aliphatic carbocycles. The number of amides is 1. The van der Waals surface area contributed by atoms with Gasteiger partial charge in [0, 0.05) is 12.6 Å². The van der Waals surface area contributed by atoms with Crippen LogP contribution in [-0.4, -0.2) is 36.1 Å². The first-order valence-corrected chi connectivity index (χ1v) is 5.69. The lowest BCUT2D eigenvalue weighted by Crippen LogP contribution is -2.43. The highest BCUT2D eigenvalue weighted by atomic mass is 16.4. The van der Waals surface area contributed by atoms with Crippen molar-refractivity contribution in [3.8, 4) is 0 Å². The van der Waals surface area contributed by atoms with Gasteiger partial charge in [0.05, 0.1) is 0 Å². The van der Waals surface area contributed by atoms with Crippen LogP contribution in [0.1, 0.15) is 33.1 Å². The summed E-state index contributed by atoms with van der Waals surface area (Å²) in [5, 5.41) is 14.8. The van der Waals surface area contributed by atoms with E-state index in [2.05, 4.69) is 10.6 Å². The molecule has 5 nitrogen and oxygen atoms in total. The number of aliphatic carboxylic acids is 1. The summed E-state index contributed by atoms with van der Waals surface area (Å²) in [6.45, 7) is 4.22. The zero-order valence-corrected chi connectivity index (χ0v) is 9.88. The fourth-order valence-corrected chi connectivity index (χ4v) is 1.20. The van der Waals surface area contributed by atoms with Crippen LogP contribution < -0.4 is 10.6 Å². The van der Waals surface area contributed by atoms with E-state index < -0.39 is 17.3 Å². The molecule has 0 aromatic carbocycles. The normalized spacial score (nSPS) is 15.9. The fourth-order valence-electron chi connectivity index (χ4n) is 1.20. The summed E-state index contributed by atoms with van der Waals surface area (Å²) in [6.07, 6.45) is 3.33. The second kappa shape index (κ2) is 5.30. The lowest BCUT2D eigenvalue weighted by atomic mass is 9.93. The maximum atomic E-state index is 11.5. The van der Waals surface area contributed by atoms with Gasteiger partial charge in [0.2, 0.25) is 5.91 Å². The van der Waals surface area contributed by atoms with Crippen LogP contribution in [0.25, 0.3) is 0 Å². The van der Waals surface area contributed by atoms with E-state index >= 15 is 0 Å². The minimum atomic E-state index is -1.34. The lowest BCUT2D eigenvalue weighted by molar-refractivity contribution is -0.153. The van der Waals surface area contributed by atoms with Crippen molar-refractivity contribution < 1.29 is 14.7 Å². The Balaban J connectivity index is 2.11. The van der Waals surface area contributed by atoms with Gasteiger partial charge in [0.1, 0.15) is 5.41 Å². The Morgan fingerprint density at radius 1 is 1.31 bits per heavy atom. The van der Waals surface area contributed by atoms with Gasteiger partial charge in [0.25, 0.3) is 0 Å². The Bertz CT molecular complexity index is 272. The predicted octanol–water partition coefficient (Wildman–Crippen LogP) is 0.356. The summed E-state index contributed by atoms with van der Waals surface area (Å²) in [7, 11) is 0. The van der Waals surface area contributed by atoms with Gasteiger partial charge in [-0.05, 0) is 39.7 Å². The highest BCUT2D eigenvalue weighted by Crippen LogP contribution is 2.18. The molecule has 1 saturated carbocycles.